The number of thiophene rings is 2. The van der Waals surface area contributed by atoms with Crippen LogP contribution in [0.5, 0.6) is 0 Å². The molecule has 0 bridgehead atoms. The molecule has 2 heterocycles. The van der Waals surface area contributed by atoms with E-state index in [2.05, 4.69) is 61.0 Å². The normalized spacial score (nSPS) is 12.1. The Morgan fingerprint density at radius 2 is 1.00 bits per heavy atom. The van der Waals surface area contributed by atoms with Crippen LogP contribution in [-0.4, -0.2) is 0 Å². The van der Waals surface area contributed by atoms with Crippen molar-refractivity contribution in [2.45, 2.75) is 13.8 Å². The molecule has 0 spiro atoms. The molecule has 22 heavy (non-hydrogen) atoms. The van der Waals surface area contributed by atoms with Crippen LogP contribution in [-0.2, 0) is 0 Å². The maximum Gasteiger partial charge on any atom is 0.0349 e. The SMILES string of the molecule is Cc1c2cc3ccsc3cc2c(C)c2cc3ccsc3cc12. The van der Waals surface area contributed by atoms with Crippen LogP contribution in [0.2, 0.25) is 0 Å². The molecular weight excluding hydrogens is 304 g/mol. The maximum atomic E-state index is 2.37. The van der Waals surface area contributed by atoms with E-state index in [4.69, 9.17) is 0 Å². The van der Waals surface area contributed by atoms with Crippen LogP contribution in [0, 0.1) is 13.8 Å². The molecule has 0 nitrogen and oxygen atoms in total. The first-order valence-corrected chi connectivity index (χ1v) is 9.19. The molecule has 2 aromatic heterocycles. The molecule has 5 rings (SSSR count). The van der Waals surface area contributed by atoms with Gasteiger partial charge in [0, 0.05) is 9.40 Å². The Kier molecular flexibility index (Phi) is 2.47. The highest BCUT2D eigenvalue weighted by Crippen LogP contribution is 2.38. The Hall–Kier alpha value is -1.90. The zero-order valence-corrected chi connectivity index (χ0v) is 14.1. The third kappa shape index (κ3) is 1.57. The lowest BCUT2D eigenvalue weighted by Crippen LogP contribution is -1.88. The lowest BCUT2D eigenvalue weighted by molar-refractivity contribution is 1.54. The van der Waals surface area contributed by atoms with Crippen molar-refractivity contribution in [3.63, 3.8) is 0 Å². The first-order valence-electron chi connectivity index (χ1n) is 7.43. The summed E-state index contributed by atoms with van der Waals surface area (Å²) >= 11 is 3.66. The number of rotatable bonds is 0. The monoisotopic (exact) mass is 318 g/mol. The number of benzene rings is 3. The molecule has 106 valence electrons. The van der Waals surface area contributed by atoms with E-state index in [0.717, 1.165) is 0 Å². The zero-order valence-electron chi connectivity index (χ0n) is 12.4. The predicted octanol–water partition coefficient (Wildman–Crippen LogP) is 7.04. The molecule has 0 N–H and O–H groups in total. The number of hydrogen-bond acceptors (Lipinski definition) is 2. The first kappa shape index (κ1) is 12.6. The van der Waals surface area contributed by atoms with Crippen LogP contribution >= 0.6 is 22.7 Å². The van der Waals surface area contributed by atoms with Gasteiger partial charge in [0.2, 0.25) is 0 Å². The lowest BCUT2D eigenvalue weighted by atomic mass is 9.92. The van der Waals surface area contributed by atoms with Gasteiger partial charge in [-0.1, -0.05) is 0 Å². The van der Waals surface area contributed by atoms with Gasteiger partial charge in [-0.05, 0) is 104 Å². The van der Waals surface area contributed by atoms with E-state index >= 15 is 0 Å². The summed E-state index contributed by atoms with van der Waals surface area (Å²) in [7, 11) is 0. The summed E-state index contributed by atoms with van der Waals surface area (Å²) in [6.07, 6.45) is 0. The minimum absolute atomic E-state index is 1.36. The van der Waals surface area contributed by atoms with Gasteiger partial charge in [-0.2, -0.15) is 0 Å². The average Bonchev–Trinajstić information content (AvgIpc) is 3.17. The van der Waals surface area contributed by atoms with Gasteiger partial charge in [0.15, 0.2) is 0 Å². The van der Waals surface area contributed by atoms with E-state index in [1.807, 2.05) is 22.7 Å². The van der Waals surface area contributed by atoms with Crippen molar-refractivity contribution in [1.29, 1.82) is 0 Å². The molecule has 0 unspecified atom stereocenters. The molecule has 0 fully saturated rings. The Morgan fingerprint density at radius 3 is 1.45 bits per heavy atom. The largest absolute Gasteiger partial charge is 0.144 e. The average molecular weight is 318 g/mol. The van der Waals surface area contributed by atoms with E-state index in [-0.39, 0.29) is 0 Å². The molecular formula is C20H14S2. The molecule has 0 aliphatic heterocycles. The Morgan fingerprint density at radius 1 is 0.591 bits per heavy atom. The second-order valence-corrected chi connectivity index (χ2v) is 7.86. The zero-order chi connectivity index (χ0) is 14.8. The Labute approximate surface area is 136 Å². The quantitative estimate of drug-likeness (QED) is 0.269. The summed E-state index contributed by atoms with van der Waals surface area (Å²) in [5.74, 6) is 0. The molecule has 0 amide bonds. The van der Waals surface area contributed by atoms with E-state index in [1.54, 1.807) is 0 Å². The number of hydrogen-bond donors (Lipinski definition) is 0. The van der Waals surface area contributed by atoms with Crippen molar-refractivity contribution >= 4 is 64.4 Å². The molecule has 0 aliphatic carbocycles. The van der Waals surface area contributed by atoms with Crippen LogP contribution in [0.25, 0.3) is 41.7 Å². The topological polar surface area (TPSA) is 0 Å². The fraction of sp³-hybridized carbons (Fsp3) is 0.100. The van der Waals surface area contributed by atoms with Crippen molar-refractivity contribution < 1.29 is 0 Å². The fourth-order valence-electron chi connectivity index (χ4n) is 3.55. The second kappa shape index (κ2) is 4.31. The minimum Gasteiger partial charge on any atom is -0.144 e. The molecule has 0 atom stereocenters. The molecule has 5 aromatic rings. The van der Waals surface area contributed by atoms with Crippen LogP contribution in [0.4, 0.5) is 0 Å². The van der Waals surface area contributed by atoms with Crippen LogP contribution in [0.15, 0.2) is 47.2 Å². The van der Waals surface area contributed by atoms with Crippen LogP contribution < -0.4 is 0 Å². The van der Waals surface area contributed by atoms with Crippen molar-refractivity contribution in [2.24, 2.45) is 0 Å². The first-order chi connectivity index (χ1) is 10.7. The molecule has 0 saturated carbocycles. The van der Waals surface area contributed by atoms with Gasteiger partial charge in [0.05, 0.1) is 0 Å². The van der Waals surface area contributed by atoms with Crippen molar-refractivity contribution in [1.82, 2.24) is 0 Å². The summed E-state index contributed by atoms with van der Waals surface area (Å²) in [5.41, 5.74) is 2.80. The van der Waals surface area contributed by atoms with Gasteiger partial charge in [-0.25, -0.2) is 0 Å². The van der Waals surface area contributed by atoms with Gasteiger partial charge >= 0.3 is 0 Å². The predicted molar refractivity (Wildman–Crippen MR) is 102 cm³/mol. The Bertz CT molecular complexity index is 1010. The summed E-state index contributed by atoms with van der Waals surface area (Å²) in [5, 5.41) is 12.7. The molecule has 2 heteroatoms. The highest BCUT2D eigenvalue weighted by atomic mass is 32.1. The number of fused-ring (bicyclic) bond motifs is 4. The minimum atomic E-state index is 1.36. The van der Waals surface area contributed by atoms with Crippen LogP contribution in [0.1, 0.15) is 11.1 Å². The lowest BCUT2D eigenvalue weighted by Gasteiger charge is -2.13. The van der Waals surface area contributed by atoms with Gasteiger partial charge in [-0.15, -0.1) is 22.7 Å². The van der Waals surface area contributed by atoms with Crippen molar-refractivity contribution in [3.05, 3.63) is 58.3 Å². The third-order valence-corrected chi connectivity index (χ3v) is 6.56. The van der Waals surface area contributed by atoms with Gasteiger partial charge in [0.25, 0.3) is 0 Å². The third-order valence-electron chi connectivity index (χ3n) is 4.80. The maximum absolute atomic E-state index is 2.37. The van der Waals surface area contributed by atoms with Crippen LogP contribution in [0.3, 0.4) is 0 Å². The Balaban J connectivity index is 2.09. The van der Waals surface area contributed by atoms with Crippen molar-refractivity contribution in [2.75, 3.05) is 0 Å². The van der Waals surface area contributed by atoms with Gasteiger partial charge in [0.1, 0.15) is 0 Å². The molecule has 0 radical (unpaired) electrons. The van der Waals surface area contributed by atoms with Crippen molar-refractivity contribution in [3.8, 4) is 0 Å². The van der Waals surface area contributed by atoms with Gasteiger partial charge < -0.3 is 0 Å². The smallest absolute Gasteiger partial charge is 0.0349 e. The second-order valence-electron chi connectivity index (χ2n) is 5.96. The highest BCUT2D eigenvalue weighted by Gasteiger charge is 2.11. The van der Waals surface area contributed by atoms with E-state index < -0.39 is 0 Å². The molecule has 3 aromatic carbocycles. The highest BCUT2D eigenvalue weighted by molar-refractivity contribution is 7.17. The van der Waals surface area contributed by atoms with Gasteiger partial charge in [-0.3, -0.25) is 0 Å². The standard InChI is InChI=1S/C20H14S2/c1-11-15-7-13-3-5-22-20(13)10-18(15)12(2)16-8-14-4-6-21-19(14)9-17(11)16/h3-10H,1-2H3. The van der Waals surface area contributed by atoms with E-state index in [1.165, 1.54) is 52.8 Å². The van der Waals surface area contributed by atoms with E-state index in [9.17, 15) is 0 Å². The molecule has 0 saturated heterocycles. The summed E-state index contributed by atoms with van der Waals surface area (Å²) < 4.78 is 2.76. The summed E-state index contributed by atoms with van der Waals surface area (Å²) in [6, 6.07) is 13.9. The number of aryl methyl sites for hydroxylation is 2. The summed E-state index contributed by atoms with van der Waals surface area (Å²) in [6.45, 7) is 4.53. The van der Waals surface area contributed by atoms with E-state index in [0.29, 0.717) is 0 Å². The fourth-order valence-corrected chi connectivity index (χ4v) is 5.17. The molecule has 0 aliphatic rings. The summed E-state index contributed by atoms with van der Waals surface area (Å²) in [4.78, 5) is 0.